The lowest BCUT2D eigenvalue weighted by Crippen LogP contribution is -2.23. The van der Waals surface area contributed by atoms with E-state index in [1.807, 2.05) is 78.8 Å². The van der Waals surface area contributed by atoms with Gasteiger partial charge in [-0.3, -0.25) is 19.2 Å². The molecule has 0 aromatic carbocycles. The van der Waals surface area contributed by atoms with Gasteiger partial charge in [-0.2, -0.15) is 0 Å². The second-order valence-electron chi connectivity index (χ2n) is 16.7. The number of imidazole rings is 1. The van der Waals surface area contributed by atoms with Gasteiger partial charge in [0, 0.05) is 6.42 Å². The molecule has 0 fully saturated rings. The number of carbonyl (C=O) groups excluding carboxylic acids is 4. The minimum atomic E-state index is -0.234. The molecule has 0 saturated carbocycles. The predicted octanol–water partition coefficient (Wildman–Crippen LogP) is 12.6. The zero-order valence-electron chi connectivity index (χ0n) is 40.2. The summed E-state index contributed by atoms with van der Waals surface area (Å²) in [7, 11) is 1.99. The highest BCUT2D eigenvalue weighted by atomic mass is 16.6. The van der Waals surface area contributed by atoms with Crippen LogP contribution < -0.4 is 4.57 Å². The zero-order chi connectivity index (χ0) is 44.7. The summed E-state index contributed by atoms with van der Waals surface area (Å²) in [6, 6.07) is 0. The lowest BCUT2D eigenvalue weighted by Gasteiger charge is -2.18. The Balaban J connectivity index is -0.000000851. The van der Waals surface area contributed by atoms with Crippen LogP contribution in [0, 0.1) is 29.6 Å². The highest BCUT2D eigenvalue weighted by molar-refractivity contribution is 5.73. The molecule has 0 amide bonds. The highest BCUT2D eigenvalue weighted by Crippen LogP contribution is 2.21. The number of aryl methyl sites for hydroxylation is 2. The van der Waals surface area contributed by atoms with Crippen molar-refractivity contribution < 1.29 is 42.7 Å². The Hall–Kier alpha value is -2.91. The molecular formula is C50H97N2O8+. The topological polar surface area (TPSA) is 114 Å². The first-order chi connectivity index (χ1) is 28.3. The van der Waals surface area contributed by atoms with E-state index in [1.165, 1.54) is 103 Å². The number of esters is 4. The molecule has 5 unspecified atom stereocenters. The van der Waals surface area contributed by atoms with E-state index >= 15 is 0 Å². The van der Waals surface area contributed by atoms with Gasteiger partial charge in [0.05, 0.1) is 50.5 Å². The largest absolute Gasteiger partial charge is 0.465 e. The molecule has 0 saturated heterocycles. The maximum absolute atomic E-state index is 12.0. The number of ether oxygens (including phenoxy) is 4. The maximum atomic E-state index is 12.0. The Morgan fingerprint density at radius 3 is 1.20 bits per heavy atom. The van der Waals surface area contributed by atoms with Gasteiger partial charge in [-0.15, -0.1) is 0 Å². The summed E-state index contributed by atoms with van der Waals surface area (Å²) < 4.78 is 24.8. The lowest BCUT2D eigenvalue weighted by molar-refractivity contribution is -0.671. The van der Waals surface area contributed by atoms with Gasteiger partial charge in [0.1, 0.15) is 25.6 Å². The first-order valence-electron chi connectivity index (χ1n) is 24.0. The van der Waals surface area contributed by atoms with Gasteiger partial charge in [-0.05, 0) is 44.4 Å². The number of hydrogen-bond donors (Lipinski definition) is 0. The number of unbranched alkanes of at least 4 members (excludes halogenated alkanes) is 12. The van der Waals surface area contributed by atoms with Crippen molar-refractivity contribution in [1.82, 2.24) is 4.57 Å². The van der Waals surface area contributed by atoms with Crippen molar-refractivity contribution in [1.29, 1.82) is 0 Å². The summed E-state index contributed by atoms with van der Waals surface area (Å²) >= 11 is 0. The minimum Gasteiger partial charge on any atom is -0.465 e. The molecule has 1 aromatic heterocycles. The second kappa shape index (κ2) is 42.8. The Labute approximate surface area is 370 Å². The van der Waals surface area contributed by atoms with Crippen LogP contribution in [0.2, 0.25) is 0 Å². The highest BCUT2D eigenvalue weighted by Gasteiger charge is 2.17. The number of nitrogens with zero attached hydrogens (tertiary/aromatic N) is 2. The fraction of sp³-hybridized carbons (Fsp3) is 0.860. The Morgan fingerprint density at radius 1 is 0.500 bits per heavy atom. The molecule has 0 bridgehead atoms. The van der Waals surface area contributed by atoms with Crippen molar-refractivity contribution in [3.8, 4) is 0 Å². The van der Waals surface area contributed by atoms with Crippen LogP contribution in [0.3, 0.4) is 0 Å². The van der Waals surface area contributed by atoms with E-state index in [0.29, 0.717) is 19.1 Å². The van der Waals surface area contributed by atoms with Crippen LogP contribution in [0.1, 0.15) is 212 Å². The molecule has 5 atom stereocenters. The molecule has 1 aromatic rings. The quantitative estimate of drug-likeness (QED) is 0.0297. The van der Waals surface area contributed by atoms with E-state index in [9.17, 15) is 19.2 Å². The van der Waals surface area contributed by atoms with Crippen molar-refractivity contribution >= 4 is 23.9 Å². The molecule has 354 valence electrons. The first kappa shape index (κ1) is 61.4. The van der Waals surface area contributed by atoms with Crippen molar-refractivity contribution in [2.24, 2.45) is 36.6 Å². The van der Waals surface area contributed by atoms with Crippen LogP contribution in [0.15, 0.2) is 18.7 Å². The number of aromatic nitrogens is 2. The van der Waals surface area contributed by atoms with Crippen molar-refractivity contribution in [2.75, 3.05) is 26.4 Å². The van der Waals surface area contributed by atoms with Crippen LogP contribution in [0.25, 0.3) is 0 Å². The Morgan fingerprint density at radius 2 is 0.850 bits per heavy atom. The van der Waals surface area contributed by atoms with Crippen molar-refractivity contribution in [2.45, 2.75) is 218 Å². The van der Waals surface area contributed by atoms with Crippen LogP contribution in [-0.4, -0.2) is 54.9 Å². The standard InChI is InChI=1S/C25H50O2.C12H21N2O2.C12H22O4.CH4/c1-5-8-10-12-14-15-17-19-21-24(20-18-16-13-11-9-6-2)22-27-25(26)23(4)7-3;1-4-11(2)12(15)16-9-5-6-14-8-7-13(3)10-14;1-5-9(3)11(13)15-7-8-16-12(14)10(4)6-2;/h23-24H,5-22H2,1-4H3;7-8,10-11H,4-6,9H2,1-3H3;9-10H,5-8H2,1-4H3;1H4/q;+1;;. The first-order valence-corrected chi connectivity index (χ1v) is 24.0. The summed E-state index contributed by atoms with van der Waals surface area (Å²) in [6.07, 6.45) is 31.6. The average Bonchev–Trinajstić information content (AvgIpc) is 3.67. The van der Waals surface area contributed by atoms with Gasteiger partial charge in [0.15, 0.2) is 0 Å². The molecular weight excluding hydrogens is 757 g/mol. The molecule has 0 aliphatic rings. The molecule has 0 aliphatic carbocycles. The Bertz CT molecular complexity index is 1130. The summed E-state index contributed by atoms with van der Waals surface area (Å²) in [5.74, 6) is -0.0990. The minimum absolute atomic E-state index is 0. The van der Waals surface area contributed by atoms with E-state index in [2.05, 4.69) is 25.3 Å². The van der Waals surface area contributed by atoms with Gasteiger partial charge in [-0.1, -0.05) is 167 Å². The number of hydrogen-bond acceptors (Lipinski definition) is 8. The summed E-state index contributed by atoms with van der Waals surface area (Å²) in [4.78, 5) is 45.9. The number of carbonyl (C=O) groups is 4. The van der Waals surface area contributed by atoms with Gasteiger partial charge in [-0.25, -0.2) is 9.13 Å². The third-order valence-corrected chi connectivity index (χ3v) is 11.2. The van der Waals surface area contributed by atoms with E-state index in [4.69, 9.17) is 18.9 Å². The molecule has 0 radical (unpaired) electrons. The van der Waals surface area contributed by atoms with Crippen LogP contribution >= 0.6 is 0 Å². The van der Waals surface area contributed by atoms with Crippen LogP contribution in [-0.2, 0) is 51.7 Å². The van der Waals surface area contributed by atoms with Gasteiger partial charge >= 0.3 is 23.9 Å². The summed E-state index contributed by atoms with van der Waals surface area (Å²) in [6.45, 7) is 22.3. The van der Waals surface area contributed by atoms with Gasteiger partial charge in [0.2, 0.25) is 6.33 Å². The fourth-order valence-electron chi connectivity index (χ4n) is 5.87. The van der Waals surface area contributed by atoms with Gasteiger partial charge < -0.3 is 18.9 Å². The molecule has 0 spiro atoms. The molecule has 1 rings (SSSR count). The monoisotopic (exact) mass is 854 g/mol. The molecule has 10 heteroatoms. The van der Waals surface area contributed by atoms with Gasteiger partial charge in [0.25, 0.3) is 0 Å². The van der Waals surface area contributed by atoms with Crippen LogP contribution in [0.5, 0.6) is 0 Å². The third kappa shape index (κ3) is 35.8. The third-order valence-electron chi connectivity index (χ3n) is 11.2. The molecule has 10 nitrogen and oxygen atoms in total. The predicted molar refractivity (Wildman–Crippen MR) is 247 cm³/mol. The smallest absolute Gasteiger partial charge is 0.308 e. The average molecular weight is 854 g/mol. The molecule has 0 aliphatic heterocycles. The second-order valence-corrected chi connectivity index (χ2v) is 16.7. The zero-order valence-corrected chi connectivity index (χ0v) is 40.2. The lowest BCUT2D eigenvalue weighted by atomic mass is 9.94. The van der Waals surface area contributed by atoms with Crippen LogP contribution in [0.4, 0.5) is 0 Å². The summed E-state index contributed by atoms with van der Waals surface area (Å²) in [5, 5.41) is 0. The van der Waals surface area contributed by atoms with E-state index < -0.39 is 0 Å². The normalized spacial score (nSPS) is 13.1. The van der Waals surface area contributed by atoms with E-state index in [-0.39, 0.29) is 68.2 Å². The summed E-state index contributed by atoms with van der Waals surface area (Å²) in [5.41, 5.74) is 0. The fourth-order valence-corrected chi connectivity index (χ4v) is 5.87. The molecule has 0 N–H and O–H groups in total. The SMILES string of the molecule is C.CCC(C)C(=O)OCCCn1cc[n+](C)c1.CCC(C)C(=O)OCCOC(=O)C(C)CC.CCCCCCCCCCC(CCCCCCCC)COC(=O)C(C)CC. The maximum Gasteiger partial charge on any atom is 0.308 e. The van der Waals surface area contributed by atoms with E-state index in [0.717, 1.165) is 38.6 Å². The van der Waals surface area contributed by atoms with E-state index in [1.54, 1.807) is 0 Å². The molecule has 60 heavy (non-hydrogen) atoms. The number of rotatable bonds is 33. The van der Waals surface area contributed by atoms with Crippen molar-refractivity contribution in [3.63, 3.8) is 0 Å². The Kier molecular flexibility index (Phi) is 43.8. The molecule has 1 heterocycles. The van der Waals surface area contributed by atoms with Crippen molar-refractivity contribution in [3.05, 3.63) is 18.7 Å².